The largest absolute Gasteiger partial charge is 0.462 e. The molecule has 2 amide bonds. The Bertz CT molecular complexity index is 1050. The van der Waals surface area contributed by atoms with Gasteiger partial charge in [0.05, 0.1) is 17.9 Å². The van der Waals surface area contributed by atoms with Gasteiger partial charge in [0.2, 0.25) is 0 Å². The predicted molar refractivity (Wildman–Crippen MR) is 117 cm³/mol. The smallest absolute Gasteiger partial charge is 0.338 e. The molecule has 0 aromatic heterocycles. The fraction of sp³-hybridized carbons (Fsp3) is 0.261. The molecule has 1 heterocycles. The van der Waals surface area contributed by atoms with Gasteiger partial charge in [0.15, 0.2) is 0 Å². The van der Waals surface area contributed by atoms with E-state index < -0.39 is 17.8 Å². The first-order valence-electron chi connectivity index (χ1n) is 9.73. The Balaban J connectivity index is 1.81. The molecule has 0 radical (unpaired) electrons. The Morgan fingerprint density at radius 3 is 2.57 bits per heavy atom. The molecule has 30 heavy (non-hydrogen) atoms. The van der Waals surface area contributed by atoms with Crippen LogP contribution in [0.2, 0.25) is 0 Å². The van der Waals surface area contributed by atoms with E-state index in [0.717, 1.165) is 28.9 Å². The van der Waals surface area contributed by atoms with Gasteiger partial charge in [-0.2, -0.15) is 0 Å². The Kier molecular flexibility index (Phi) is 6.57. The van der Waals surface area contributed by atoms with E-state index in [-0.39, 0.29) is 10.7 Å². The zero-order valence-corrected chi connectivity index (χ0v) is 17.9. The fourth-order valence-electron chi connectivity index (χ4n) is 3.15. The number of esters is 1. The highest BCUT2D eigenvalue weighted by molar-refractivity contribution is 6.53. The standard InChI is InChI=1S/C23H23ClN2O4/c1-4-5-11-30-23(29)16-7-6-8-17(13-16)25-20-19(24)21(27)26(22(20)28)18-10-9-14(2)12-15(18)3/h6-10,12-13,25H,4-5,11H2,1-3H3. The summed E-state index contributed by atoms with van der Waals surface area (Å²) >= 11 is 6.20. The van der Waals surface area contributed by atoms with Crippen molar-refractivity contribution in [3.63, 3.8) is 0 Å². The number of anilines is 2. The minimum absolute atomic E-state index is 0.0295. The minimum atomic E-state index is -0.591. The second kappa shape index (κ2) is 9.13. The number of carbonyl (C=O) groups is 3. The number of unbranched alkanes of at least 4 members (excludes halogenated alkanes) is 1. The van der Waals surface area contributed by atoms with Crippen LogP contribution < -0.4 is 10.2 Å². The summed E-state index contributed by atoms with van der Waals surface area (Å²) in [5.74, 6) is -1.59. The third-order valence-corrected chi connectivity index (χ3v) is 5.07. The first kappa shape index (κ1) is 21.6. The molecule has 0 bridgehead atoms. The van der Waals surface area contributed by atoms with Gasteiger partial charge in [0.25, 0.3) is 11.8 Å². The summed E-state index contributed by atoms with van der Waals surface area (Å²) in [6.45, 7) is 6.12. The molecular formula is C23H23ClN2O4. The number of nitrogens with zero attached hydrogens (tertiary/aromatic N) is 1. The van der Waals surface area contributed by atoms with E-state index >= 15 is 0 Å². The molecule has 0 spiro atoms. The summed E-state index contributed by atoms with van der Waals surface area (Å²) in [4.78, 5) is 38.9. The molecular weight excluding hydrogens is 404 g/mol. The van der Waals surface area contributed by atoms with Crippen LogP contribution in [0.5, 0.6) is 0 Å². The summed E-state index contributed by atoms with van der Waals surface area (Å²) in [6, 6.07) is 12.0. The van der Waals surface area contributed by atoms with Gasteiger partial charge in [-0.05, 0) is 50.1 Å². The quantitative estimate of drug-likeness (QED) is 0.394. The number of rotatable bonds is 7. The maximum Gasteiger partial charge on any atom is 0.338 e. The van der Waals surface area contributed by atoms with Crippen LogP contribution in [-0.2, 0) is 14.3 Å². The number of hydrogen-bond acceptors (Lipinski definition) is 5. The Labute approximate surface area is 180 Å². The van der Waals surface area contributed by atoms with Gasteiger partial charge in [0, 0.05) is 5.69 Å². The van der Waals surface area contributed by atoms with Crippen LogP contribution in [0.25, 0.3) is 0 Å². The zero-order valence-electron chi connectivity index (χ0n) is 17.1. The fourth-order valence-corrected chi connectivity index (χ4v) is 3.36. The molecule has 0 unspecified atom stereocenters. The molecule has 1 N–H and O–H groups in total. The number of amides is 2. The van der Waals surface area contributed by atoms with Crippen molar-refractivity contribution in [2.24, 2.45) is 0 Å². The molecule has 0 saturated carbocycles. The lowest BCUT2D eigenvalue weighted by Crippen LogP contribution is -2.32. The lowest BCUT2D eigenvalue weighted by Gasteiger charge is -2.18. The number of ether oxygens (including phenoxy) is 1. The van der Waals surface area contributed by atoms with Crippen molar-refractivity contribution in [3.8, 4) is 0 Å². The second-order valence-electron chi connectivity index (χ2n) is 7.12. The number of carbonyl (C=O) groups excluding carboxylic acids is 3. The highest BCUT2D eigenvalue weighted by Crippen LogP contribution is 2.32. The molecule has 0 fully saturated rings. The molecule has 2 aromatic rings. The van der Waals surface area contributed by atoms with Gasteiger partial charge in [-0.3, -0.25) is 9.59 Å². The summed E-state index contributed by atoms with van der Waals surface area (Å²) < 4.78 is 5.22. The van der Waals surface area contributed by atoms with Crippen molar-refractivity contribution in [1.29, 1.82) is 0 Å². The van der Waals surface area contributed by atoms with Crippen molar-refractivity contribution >= 4 is 40.8 Å². The van der Waals surface area contributed by atoms with Gasteiger partial charge in [-0.1, -0.05) is 48.7 Å². The summed E-state index contributed by atoms with van der Waals surface area (Å²) in [5, 5.41) is 2.69. The Morgan fingerprint density at radius 1 is 1.10 bits per heavy atom. The molecule has 156 valence electrons. The highest BCUT2D eigenvalue weighted by Gasteiger charge is 2.39. The summed E-state index contributed by atoms with van der Waals surface area (Å²) in [7, 11) is 0. The predicted octanol–water partition coefficient (Wildman–Crippen LogP) is 4.70. The SMILES string of the molecule is CCCCOC(=O)c1cccc(NC2=C(Cl)C(=O)N(c3ccc(C)cc3C)C2=O)c1. The van der Waals surface area contributed by atoms with E-state index in [2.05, 4.69) is 5.32 Å². The van der Waals surface area contributed by atoms with E-state index in [1.54, 1.807) is 30.3 Å². The average molecular weight is 427 g/mol. The molecule has 3 rings (SSSR count). The average Bonchev–Trinajstić information content (AvgIpc) is 2.92. The van der Waals surface area contributed by atoms with Crippen LogP contribution in [0.3, 0.4) is 0 Å². The van der Waals surface area contributed by atoms with Gasteiger partial charge in [0.1, 0.15) is 10.7 Å². The van der Waals surface area contributed by atoms with E-state index in [4.69, 9.17) is 16.3 Å². The maximum absolute atomic E-state index is 13.0. The first-order valence-corrected chi connectivity index (χ1v) is 10.1. The monoisotopic (exact) mass is 426 g/mol. The van der Waals surface area contributed by atoms with E-state index in [9.17, 15) is 14.4 Å². The third kappa shape index (κ3) is 4.39. The van der Waals surface area contributed by atoms with Crippen LogP contribution in [0.1, 0.15) is 41.3 Å². The summed E-state index contributed by atoms with van der Waals surface area (Å²) in [6.07, 6.45) is 1.71. The normalized spacial score (nSPS) is 13.8. The second-order valence-corrected chi connectivity index (χ2v) is 7.50. The lowest BCUT2D eigenvalue weighted by molar-refractivity contribution is -0.120. The number of nitrogens with one attached hydrogen (secondary N) is 1. The van der Waals surface area contributed by atoms with Crippen molar-refractivity contribution in [2.75, 3.05) is 16.8 Å². The van der Waals surface area contributed by atoms with Crippen LogP contribution >= 0.6 is 11.6 Å². The number of aryl methyl sites for hydroxylation is 2. The molecule has 1 aliphatic rings. The molecule has 0 atom stereocenters. The number of imide groups is 1. The molecule has 6 nitrogen and oxygen atoms in total. The Hall–Kier alpha value is -3.12. The topological polar surface area (TPSA) is 75.7 Å². The third-order valence-electron chi connectivity index (χ3n) is 4.72. The number of hydrogen-bond donors (Lipinski definition) is 1. The molecule has 1 aliphatic heterocycles. The molecule has 0 aliphatic carbocycles. The maximum atomic E-state index is 13.0. The van der Waals surface area contributed by atoms with Crippen LogP contribution in [0.4, 0.5) is 11.4 Å². The van der Waals surface area contributed by atoms with Gasteiger partial charge in [-0.15, -0.1) is 0 Å². The molecule has 0 saturated heterocycles. The highest BCUT2D eigenvalue weighted by atomic mass is 35.5. The van der Waals surface area contributed by atoms with Crippen LogP contribution in [-0.4, -0.2) is 24.4 Å². The van der Waals surface area contributed by atoms with Crippen LogP contribution in [0.15, 0.2) is 53.2 Å². The molecule has 2 aromatic carbocycles. The van der Waals surface area contributed by atoms with E-state index in [1.807, 2.05) is 32.9 Å². The van der Waals surface area contributed by atoms with Crippen LogP contribution in [0, 0.1) is 13.8 Å². The van der Waals surface area contributed by atoms with Crippen molar-refractivity contribution in [3.05, 3.63) is 69.9 Å². The molecule has 7 heteroatoms. The van der Waals surface area contributed by atoms with Crippen molar-refractivity contribution in [1.82, 2.24) is 0 Å². The Morgan fingerprint density at radius 2 is 1.87 bits per heavy atom. The zero-order chi connectivity index (χ0) is 21.8. The van der Waals surface area contributed by atoms with E-state index in [0.29, 0.717) is 23.5 Å². The van der Waals surface area contributed by atoms with Crippen molar-refractivity contribution in [2.45, 2.75) is 33.6 Å². The summed E-state index contributed by atoms with van der Waals surface area (Å²) in [5.41, 5.74) is 3.07. The van der Waals surface area contributed by atoms with Gasteiger partial charge < -0.3 is 10.1 Å². The lowest BCUT2D eigenvalue weighted by atomic mass is 10.1. The number of benzene rings is 2. The van der Waals surface area contributed by atoms with Gasteiger partial charge >= 0.3 is 5.97 Å². The van der Waals surface area contributed by atoms with Crippen molar-refractivity contribution < 1.29 is 19.1 Å². The minimum Gasteiger partial charge on any atom is -0.462 e. The van der Waals surface area contributed by atoms with Gasteiger partial charge in [-0.25, -0.2) is 9.69 Å². The number of halogens is 1. The first-order chi connectivity index (χ1) is 14.3. The van der Waals surface area contributed by atoms with E-state index in [1.165, 1.54) is 0 Å².